The van der Waals surface area contributed by atoms with Gasteiger partial charge in [0.2, 0.25) is 0 Å². The Kier molecular flexibility index (Phi) is 1.98. The lowest BCUT2D eigenvalue weighted by Crippen LogP contribution is -1.98. The summed E-state index contributed by atoms with van der Waals surface area (Å²) in [5.74, 6) is 0.674. The highest BCUT2D eigenvalue weighted by Crippen LogP contribution is 2.08. The van der Waals surface area contributed by atoms with Crippen molar-refractivity contribution >= 4 is 11.6 Å². The zero-order valence-corrected chi connectivity index (χ0v) is 7.73. The van der Waals surface area contributed by atoms with Crippen molar-refractivity contribution in [2.75, 3.05) is 0 Å². The van der Waals surface area contributed by atoms with Crippen LogP contribution in [0, 0.1) is 6.92 Å². The molecule has 4 nitrogen and oxygen atoms in total. The molecule has 0 spiro atoms. The van der Waals surface area contributed by atoms with Gasteiger partial charge in [0, 0.05) is 12.3 Å². The van der Waals surface area contributed by atoms with E-state index in [-0.39, 0.29) is 0 Å². The third kappa shape index (κ3) is 1.67. The van der Waals surface area contributed by atoms with E-state index >= 15 is 0 Å². The Balaban J connectivity index is 2.46. The maximum absolute atomic E-state index is 5.71. The standard InChI is InChI=1S/C8H7ClN4/c1-6-2-3-13(12-6)8-4-7(9)10-5-11-8/h2-5H,1H3. The van der Waals surface area contributed by atoms with Crippen molar-refractivity contribution < 1.29 is 0 Å². The van der Waals surface area contributed by atoms with Crippen molar-refractivity contribution in [3.63, 3.8) is 0 Å². The van der Waals surface area contributed by atoms with E-state index in [4.69, 9.17) is 11.6 Å². The zero-order chi connectivity index (χ0) is 9.26. The van der Waals surface area contributed by atoms with Crippen LogP contribution >= 0.6 is 11.6 Å². The van der Waals surface area contributed by atoms with E-state index in [9.17, 15) is 0 Å². The molecule has 0 aliphatic rings. The van der Waals surface area contributed by atoms with Gasteiger partial charge in [0.15, 0.2) is 5.82 Å². The van der Waals surface area contributed by atoms with Crippen LogP contribution in [0.3, 0.4) is 0 Å². The normalized spacial score (nSPS) is 10.3. The minimum Gasteiger partial charge on any atom is -0.224 e. The first kappa shape index (κ1) is 8.19. The first-order chi connectivity index (χ1) is 6.25. The summed E-state index contributed by atoms with van der Waals surface area (Å²) in [4.78, 5) is 7.81. The topological polar surface area (TPSA) is 43.6 Å². The molecule has 66 valence electrons. The zero-order valence-electron chi connectivity index (χ0n) is 6.98. The fourth-order valence-electron chi connectivity index (χ4n) is 0.992. The molecular weight excluding hydrogens is 188 g/mol. The van der Waals surface area contributed by atoms with Gasteiger partial charge in [-0.05, 0) is 13.0 Å². The molecule has 0 unspecified atom stereocenters. The van der Waals surface area contributed by atoms with Crippen molar-refractivity contribution in [2.45, 2.75) is 6.92 Å². The molecule has 2 aromatic rings. The van der Waals surface area contributed by atoms with Crippen LogP contribution in [0.4, 0.5) is 0 Å². The van der Waals surface area contributed by atoms with Crippen molar-refractivity contribution in [1.29, 1.82) is 0 Å². The Hall–Kier alpha value is -1.42. The van der Waals surface area contributed by atoms with E-state index in [1.54, 1.807) is 10.7 Å². The van der Waals surface area contributed by atoms with Crippen LogP contribution in [0.25, 0.3) is 5.82 Å². The van der Waals surface area contributed by atoms with Gasteiger partial charge in [0.25, 0.3) is 0 Å². The molecule has 0 radical (unpaired) electrons. The van der Waals surface area contributed by atoms with E-state index in [0.717, 1.165) is 5.69 Å². The van der Waals surface area contributed by atoms with Gasteiger partial charge in [-0.3, -0.25) is 0 Å². The first-order valence-corrected chi connectivity index (χ1v) is 4.14. The number of aromatic nitrogens is 4. The molecule has 0 fully saturated rings. The number of halogens is 1. The largest absolute Gasteiger partial charge is 0.224 e. The van der Waals surface area contributed by atoms with Crippen LogP contribution in [-0.4, -0.2) is 19.7 Å². The molecule has 0 aliphatic heterocycles. The summed E-state index contributed by atoms with van der Waals surface area (Å²) in [5, 5.41) is 4.60. The van der Waals surface area contributed by atoms with Crippen LogP contribution in [0.1, 0.15) is 5.69 Å². The van der Waals surface area contributed by atoms with Gasteiger partial charge < -0.3 is 0 Å². The van der Waals surface area contributed by atoms with Crippen molar-refractivity contribution in [3.05, 3.63) is 35.5 Å². The second kappa shape index (κ2) is 3.14. The Morgan fingerprint density at radius 3 is 2.85 bits per heavy atom. The molecular formula is C8H7ClN4. The maximum Gasteiger partial charge on any atom is 0.158 e. The Morgan fingerprint density at radius 1 is 1.38 bits per heavy atom. The van der Waals surface area contributed by atoms with Crippen molar-refractivity contribution in [2.24, 2.45) is 0 Å². The molecule has 0 aromatic carbocycles. The summed E-state index contributed by atoms with van der Waals surface area (Å²) in [6, 6.07) is 3.56. The summed E-state index contributed by atoms with van der Waals surface area (Å²) >= 11 is 5.71. The second-order valence-corrected chi connectivity index (χ2v) is 2.99. The van der Waals surface area contributed by atoms with Gasteiger partial charge in [0.1, 0.15) is 11.5 Å². The summed E-state index contributed by atoms with van der Waals surface area (Å²) in [6.45, 7) is 1.92. The third-order valence-corrected chi connectivity index (χ3v) is 1.78. The smallest absolute Gasteiger partial charge is 0.158 e. The molecule has 2 aromatic heterocycles. The van der Waals surface area contributed by atoms with Gasteiger partial charge >= 0.3 is 0 Å². The van der Waals surface area contributed by atoms with Crippen LogP contribution < -0.4 is 0 Å². The number of hydrogen-bond donors (Lipinski definition) is 0. The molecule has 0 saturated carbocycles. The Morgan fingerprint density at radius 2 is 2.23 bits per heavy atom. The van der Waals surface area contributed by atoms with Crippen LogP contribution in [0.2, 0.25) is 5.15 Å². The number of hydrogen-bond acceptors (Lipinski definition) is 3. The predicted octanol–water partition coefficient (Wildman–Crippen LogP) is 1.62. The Labute approximate surface area is 80.2 Å². The van der Waals surface area contributed by atoms with E-state index < -0.39 is 0 Å². The van der Waals surface area contributed by atoms with E-state index in [2.05, 4.69) is 15.1 Å². The average Bonchev–Trinajstić information content (AvgIpc) is 2.52. The second-order valence-electron chi connectivity index (χ2n) is 2.60. The molecule has 0 amide bonds. The Bertz CT molecular complexity index is 424. The van der Waals surface area contributed by atoms with Crippen LogP contribution in [-0.2, 0) is 0 Å². The molecule has 2 heterocycles. The van der Waals surface area contributed by atoms with E-state index in [1.165, 1.54) is 6.33 Å². The molecule has 0 atom stereocenters. The summed E-state index contributed by atoms with van der Waals surface area (Å²) < 4.78 is 1.66. The molecule has 5 heteroatoms. The average molecular weight is 195 g/mol. The van der Waals surface area contributed by atoms with E-state index in [1.807, 2.05) is 19.2 Å². The molecule has 2 rings (SSSR count). The highest BCUT2D eigenvalue weighted by Gasteiger charge is 1.99. The first-order valence-electron chi connectivity index (χ1n) is 3.76. The lowest BCUT2D eigenvalue weighted by atomic mass is 10.5. The molecule has 13 heavy (non-hydrogen) atoms. The molecule has 0 saturated heterocycles. The molecule has 0 N–H and O–H groups in total. The number of aryl methyl sites for hydroxylation is 1. The number of rotatable bonds is 1. The summed E-state index contributed by atoms with van der Waals surface area (Å²) in [5.41, 5.74) is 0.940. The van der Waals surface area contributed by atoms with E-state index in [0.29, 0.717) is 11.0 Å². The van der Waals surface area contributed by atoms with Gasteiger partial charge in [-0.2, -0.15) is 5.10 Å². The summed E-state index contributed by atoms with van der Waals surface area (Å²) in [6.07, 6.45) is 3.24. The lowest BCUT2D eigenvalue weighted by molar-refractivity contribution is 0.826. The minimum absolute atomic E-state index is 0.415. The van der Waals surface area contributed by atoms with Crippen LogP contribution in [0.15, 0.2) is 24.7 Å². The van der Waals surface area contributed by atoms with Gasteiger partial charge in [0.05, 0.1) is 5.69 Å². The van der Waals surface area contributed by atoms with Gasteiger partial charge in [-0.25, -0.2) is 14.6 Å². The fraction of sp³-hybridized carbons (Fsp3) is 0.125. The SMILES string of the molecule is Cc1ccn(-c2cc(Cl)ncn2)n1. The fourth-order valence-corrected chi connectivity index (χ4v) is 1.13. The summed E-state index contributed by atoms with van der Waals surface area (Å²) in [7, 11) is 0. The lowest BCUT2D eigenvalue weighted by Gasteiger charge is -1.98. The van der Waals surface area contributed by atoms with Crippen LogP contribution in [0.5, 0.6) is 0 Å². The molecule has 0 bridgehead atoms. The van der Waals surface area contributed by atoms with Crippen molar-refractivity contribution in [1.82, 2.24) is 19.7 Å². The minimum atomic E-state index is 0.415. The number of nitrogens with zero attached hydrogens (tertiary/aromatic N) is 4. The third-order valence-electron chi connectivity index (χ3n) is 1.58. The molecule has 0 aliphatic carbocycles. The predicted molar refractivity (Wildman–Crippen MR) is 48.9 cm³/mol. The monoisotopic (exact) mass is 194 g/mol. The quantitative estimate of drug-likeness (QED) is 0.648. The van der Waals surface area contributed by atoms with Gasteiger partial charge in [-0.15, -0.1) is 0 Å². The highest BCUT2D eigenvalue weighted by atomic mass is 35.5. The van der Waals surface area contributed by atoms with Crippen molar-refractivity contribution in [3.8, 4) is 5.82 Å². The highest BCUT2D eigenvalue weighted by molar-refractivity contribution is 6.29. The van der Waals surface area contributed by atoms with Gasteiger partial charge in [-0.1, -0.05) is 11.6 Å². The maximum atomic E-state index is 5.71.